The highest BCUT2D eigenvalue weighted by Gasteiger charge is 2.36. The highest BCUT2D eigenvalue weighted by atomic mass is 35.5. The zero-order valence-electron chi connectivity index (χ0n) is 11.8. The van der Waals surface area contributed by atoms with E-state index in [9.17, 15) is 0 Å². The Balaban J connectivity index is 2.14. The second-order valence-corrected chi connectivity index (χ2v) is 6.45. The molecule has 0 saturated heterocycles. The van der Waals surface area contributed by atoms with Crippen molar-refractivity contribution in [1.29, 1.82) is 0 Å². The summed E-state index contributed by atoms with van der Waals surface area (Å²) in [6, 6.07) is 14.4. The van der Waals surface area contributed by atoms with E-state index in [-0.39, 0.29) is 5.54 Å². The lowest BCUT2D eigenvalue weighted by Crippen LogP contribution is -2.48. The van der Waals surface area contributed by atoms with Gasteiger partial charge in [0.05, 0.1) is 0 Å². The maximum atomic E-state index is 6.01. The second kappa shape index (κ2) is 4.80. The van der Waals surface area contributed by atoms with Gasteiger partial charge >= 0.3 is 0 Å². The normalized spacial score (nSPS) is 20.4. The number of rotatable bonds is 1. The van der Waals surface area contributed by atoms with E-state index in [1.807, 2.05) is 18.2 Å². The van der Waals surface area contributed by atoms with Gasteiger partial charge in [-0.1, -0.05) is 29.8 Å². The Morgan fingerprint density at radius 3 is 2.55 bits per heavy atom. The van der Waals surface area contributed by atoms with Crippen molar-refractivity contribution in [3.05, 3.63) is 64.2 Å². The monoisotopic (exact) mass is 286 g/mol. The molecule has 1 aliphatic rings. The van der Waals surface area contributed by atoms with Crippen LogP contribution in [0.1, 0.15) is 36.5 Å². The minimum Gasteiger partial charge on any atom is -0.399 e. The van der Waals surface area contributed by atoms with Gasteiger partial charge in [0.15, 0.2) is 0 Å². The van der Waals surface area contributed by atoms with Crippen LogP contribution in [0.5, 0.6) is 0 Å². The van der Waals surface area contributed by atoms with Crippen LogP contribution in [0, 0.1) is 0 Å². The van der Waals surface area contributed by atoms with Crippen molar-refractivity contribution in [3.8, 4) is 0 Å². The predicted molar refractivity (Wildman–Crippen MR) is 85.1 cm³/mol. The zero-order valence-corrected chi connectivity index (χ0v) is 12.5. The molecule has 0 spiro atoms. The summed E-state index contributed by atoms with van der Waals surface area (Å²) in [5, 5.41) is 4.39. The number of benzene rings is 2. The molecule has 3 N–H and O–H groups in total. The third-order valence-electron chi connectivity index (χ3n) is 4.14. The summed E-state index contributed by atoms with van der Waals surface area (Å²) in [6.07, 6.45) is 0. The van der Waals surface area contributed by atoms with Gasteiger partial charge in [0, 0.05) is 28.7 Å². The standard InChI is InChI=1S/C17H19ClN2/c1-17(2)16(11-3-5-13(18)6-4-11)15-8-7-14(19)9-12(15)10-20-17/h3-9,16,20H,10,19H2,1-2H3. The molecule has 0 amide bonds. The number of anilines is 1. The van der Waals surface area contributed by atoms with Gasteiger partial charge in [-0.15, -0.1) is 0 Å². The van der Waals surface area contributed by atoms with Crippen LogP contribution in [-0.2, 0) is 6.54 Å². The molecule has 2 aromatic carbocycles. The molecule has 0 aliphatic carbocycles. The van der Waals surface area contributed by atoms with Crippen molar-refractivity contribution in [1.82, 2.24) is 5.32 Å². The fourth-order valence-electron chi connectivity index (χ4n) is 3.13. The summed E-state index contributed by atoms with van der Waals surface area (Å²) in [7, 11) is 0. The number of nitrogens with one attached hydrogen (secondary N) is 1. The minimum atomic E-state index is -0.00303. The van der Waals surface area contributed by atoms with Crippen LogP contribution in [0.4, 0.5) is 5.69 Å². The molecule has 0 radical (unpaired) electrons. The van der Waals surface area contributed by atoms with E-state index >= 15 is 0 Å². The number of fused-ring (bicyclic) bond motifs is 1. The van der Waals surface area contributed by atoms with Crippen LogP contribution in [-0.4, -0.2) is 5.54 Å². The molecule has 0 aromatic heterocycles. The quantitative estimate of drug-likeness (QED) is 0.780. The first-order valence-electron chi connectivity index (χ1n) is 6.86. The van der Waals surface area contributed by atoms with Gasteiger partial charge in [-0.3, -0.25) is 0 Å². The maximum absolute atomic E-state index is 6.01. The molecule has 0 bridgehead atoms. The molecule has 20 heavy (non-hydrogen) atoms. The Hall–Kier alpha value is -1.51. The summed E-state index contributed by atoms with van der Waals surface area (Å²) in [4.78, 5) is 0. The summed E-state index contributed by atoms with van der Waals surface area (Å²) in [6.45, 7) is 5.34. The van der Waals surface area contributed by atoms with Crippen molar-refractivity contribution in [2.24, 2.45) is 0 Å². The van der Waals surface area contributed by atoms with Gasteiger partial charge in [-0.05, 0) is 54.8 Å². The average Bonchev–Trinajstić information content (AvgIpc) is 2.40. The van der Waals surface area contributed by atoms with Gasteiger partial charge in [-0.2, -0.15) is 0 Å². The molecule has 2 aromatic rings. The van der Waals surface area contributed by atoms with Crippen LogP contribution < -0.4 is 11.1 Å². The van der Waals surface area contributed by atoms with Crippen molar-refractivity contribution in [2.45, 2.75) is 31.8 Å². The lowest BCUT2D eigenvalue weighted by Gasteiger charge is -2.41. The van der Waals surface area contributed by atoms with E-state index in [0.717, 1.165) is 17.3 Å². The predicted octanol–water partition coefficient (Wildman–Crippen LogP) is 3.94. The number of hydrogen-bond acceptors (Lipinski definition) is 2. The molecule has 3 heteroatoms. The number of nitrogens with two attached hydrogens (primary N) is 1. The van der Waals surface area contributed by atoms with Gasteiger partial charge in [0.2, 0.25) is 0 Å². The molecule has 1 heterocycles. The summed E-state index contributed by atoms with van der Waals surface area (Å²) in [5.74, 6) is 0.295. The highest BCUT2D eigenvalue weighted by molar-refractivity contribution is 6.30. The third-order valence-corrected chi connectivity index (χ3v) is 4.39. The maximum Gasteiger partial charge on any atom is 0.0406 e. The second-order valence-electron chi connectivity index (χ2n) is 6.02. The number of halogens is 1. The first-order chi connectivity index (χ1) is 9.47. The number of hydrogen-bond donors (Lipinski definition) is 2. The van der Waals surface area contributed by atoms with E-state index in [2.05, 4.69) is 43.4 Å². The zero-order chi connectivity index (χ0) is 14.3. The average molecular weight is 287 g/mol. The van der Waals surface area contributed by atoms with Crippen molar-refractivity contribution in [2.75, 3.05) is 5.73 Å². The smallest absolute Gasteiger partial charge is 0.0406 e. The van der Waals surface area contributed by atoms with E-state index < -0.39 is 0 Å². The van der Waals surface area contributed by atoms with Gasteiger partial charge in [0.1, 0.15) is 0 Å². The fourth-order valence-corrected chi connectivity index (χ4v) is 3.25. The molecular formula is C17H19ClN2. The minimum absolute atomic E-state index is 0.00303. The number of nitrogen functional groups attached to an aromatic ring is 1. The first kappa shape index (κ1) is 13.5. The molecule has 1 aliphatic heterocycles. The van der Waals surface area contributed by atoms with E-state index in [4.69, 9.17) is 17.3 Å². The largest absolute Gasteiger partial charge is 0.399 e. The van der Waals surface area contributed by atoms with Crippen LogP contribution in [0.3, 0.4) is 0 Å². The van der Waals surface area contributed by atoms with E-state index in [1.165, 1.54) is 16.7 Å². The molecule has 104 valence electrons. The van der Waals surface area contributed by atoms with E-state index in [1.54, 1.807) is 0 Å². The van der Waals surface area contributed by atoms with Crippen LogP contribution in [0.15, 0.2) is 42.5 Å². The topological polar surface area (TPSA) is 38.0 Å². The Kier molecular flexibility index (Phi) is 3.23. The Bertz CT molecular complexity index is 632. The Morgan fingerprint density at radius 2 is 1.85 bits per heavy atom. The molecule has 1 unspecified atom stereocenters. The molecule has 3 rings (SSSR count). The lowest BCUT2D eigenvalue weighted by atomic mass is 9.73. The Labute approximate surface area is 125 Å². The van der Waals surface area contributed by atoms with Crippen LogP contribution in [0.25, 0.3) is 0 Å². The van der Waals surface area contributed by atoms with E-state index in [0.29, 0.717) is 5.92 Å². The SMILES string of the molecule is CC1(C)NCc2cc(N)ccc2C1c1ccc(Cl)cc1. The van der Waals surface area contributed by atoms with Crippen LogP contribution in [0.2, 0.25) is 5.02 Å². The third kappa shape index (κ3) is 2.30. The first-order valence-corrected chi connectivity index (χ1v) is 7.24. The van der Waals surface area contributed by atoms with Crippen molar-refractivity contribution in [3.63, 3.8) is 0 Å². The molecule has 1 atom stereocenters. The Morgan fingerprint density at radius 1 is 1.15 bits per heavy atom. The molecule has 2 nitrogen and oxygen atoms in total. The molecule has 0 fully saturated rings. The highest BCUT2D eigenvalue weighted by Crippen LogP contribution is 2.40. The van der Waals surface area contributed by atoms with Gasteiger partial charge in [-0.25, -0.2) is 0 Å². The van der Waals surface area contributed by atoms with Crippen LogP contribution >= 0.6 is 11.6 Å². The molecule has 0 saturated carbocycles. The van der Waals surface area contributed by atoms with Gasteiger partial charge in [0.25, 0.3) is 0 Å². The summed E-state index contributed by atoms with van der Waals surface area (Å²) in [5.41, 5.74) is 10.6. The van der Waals surface area contributed by atoms with Crippen molar-refractivity contribution >= 4 is 17.3 Å². The fraction of sp³-hybridized carbons (Fsp3) is 0.294. The summed E-state index contributed by atoms with van der Waals surface area (Å²) < 4.78 is 0. The molecular weight excluding hydrogens is 268 g/mol. The van der Waals surface area contributed by atoms with Gasteiger partial charge < -0.3 is 11.1 Å². The lowest BCUT2D eigenvalue weighted by molar-refractivity contribution is 0.324. The van der Waals surface area contributed by atoms with Crippen molar-refractivity contribution < 1.29 is 0 Å². The summed E-state index contributed by atoms with van der Waals surface area (Å²) >= 11 is 6.01.